The second-order valence-electron chi connectivity index (χ2n) is 8.88. The molecule has 0 radical (unpaired) electrons. The smallest absolute Gasteiger partial charge is 0.352 e. The lowest BCUT2D eigenvalue weighted by atomic mass is 10.0. The molecule has 1 fully saturated rings. The van der Waals surface area contributed by atoms with Crippen LogP contribution in [0.4, 0.5) is 10.5 Å². The number of benzene rings is 1. The van der Waals surface area contributed by atoms with Gasteiger partial charge in [-0.1, -0.05) is 23.9 Å². The maximum Gasteiger partial charge on any atom is 0.352 e. The molecule has 3 heterocycles. The predicted octanol–water partition coefficient (Wildman–Crippen LogP) is -1.76. The van der Waals surface area contributed by atoms with Gasteiger partial charge < -0.3 is 27.2 Å². The van der Waals surface area contributed by atoms with Gasteiger partial charge in [-0.05, 0) is 33.7 Å². The van der Waals surface area contributed by atoms with Crippen LogP contribution in [0.15, 0.2) is 40.7 Å². The number of carboxylic acid groups (broad SMARTS) is 1. The zero-order valence-corrected chi connectivity index (χ0v) is 23.8. The van der Waals surface area contributed by atoms with Gasteiger partial charge in [0.1, 0.15) is 23.2 Å². The lowest BCUT2D eigenvalue weighted by molar-refractivity contribution is -0.150. The summed E-state index contributed by atoms with van der Waals surface area (Å²) in [5.74, 6) is -2.07. The molecular formula is C21H26N10O7S3. The first kappa shape index (κ1) is 30.2. The first-order valence-corrected chi connectivity index (χ1v) is 15.7. The third-order valence-corrected chi connectivity index (χ3v) is 9.04. The number of urea groups is 1. The van der Waals surface area contributed by atoms with Gasteiger partial charge >= 0.3 is 12.0 Å². The number of carbonyl (C=O) groups excluding carboxylic acids is 3. The number of aliphatic carboxylic acids is 1. The van der Waals surface area contributed by atoms with Crippen molar-refractivity contribution in [2.45, 2.75) is 29.2 Å². The fourth-order valence-electron chi connectivity index (χ4n) is 4.03. The van der Waals surface area contributed by atoms with Crippen molar-refractivity contribution in [3.8, 4) is 0 Å². The van der Waals surface area contributed by atoms with Crippen molar-refractivity contribution in [3.63, 3.8) is 0 Å². The molecule has 20 heteroatoms. The van der Waals surface area contributed by atoms with Crippen molar-refractivity contribution >= 4 is 63.0 Å². The quantitative estimate of drug-likeness (QED) is 0.113. The second kappa shape index (κ2) is 12.4. The average molecular weight is 627 g/mol. The summed E-state index contributed by atoms with van der Waals surface area (Å²) in [6, 6.07) is 3.29. The predicted molar refractivity (Wildman–Crippen MR) is 148 cm³/mol. The number of anilines is 1. The van der Waals surface area contributed by atoms with Crippen LogP contribution in [0, 0.1) is 0 Å². The molecule has 8 N–H and O–H groups in total. The Morgan fingerprint density at radius 3 is 2.61 bits per heavy atom. The molecule has 0 spiro atoms. The lowest BCUT2D eigenvalue weighted by Gasteiger charge is -2.49. The Morgan fingerprint density at radius 1 is 1.27 bits per heavy atom. The largest absolute Gasteiger partial charge is 0.477 e. The lowest BCUT2D eigenvalue weighted by Crippen LogP contribution is -2.71. The standard InChI is InChI=1S/C21H26N10O7S3/c1-41(37,38)24-6-7-30-21(27-28-29-30)40-9-11-8-39-18-14(17(33)31(18)15(11)19(34)35)26-16(32)13(22)10-2-4-12(5-3-10)25-20(23)36/h2-5,13-14,18,24H,6-9,22H2,1H3,(H,26,32)(H,34,35)(H3,23,25,36)/t13?,14-,18-/m1/s1. The third kappa shape index (κ3) is 7.14. The number of nitrogens with two attached hydrogens (primary N) is 2. The van der Waals surface area contributed by atoms with E-state index in [1.54, 1.807) is 0 Å². The molecule has 4 rings (SSSR count). The molecule has 0 aliphatic carbocycles. The Morgan fingerprint density at radius 2 is 1.98 bits per heavy atom. The first-order valence-electron chi connectivity index (χ1n) is 11.8. The van der Waals surface area contributed by atoms with Crippen molar-refractivity contribution in [1.82, 2.24) is 35.1 Å². The molecule has 3 atom stereocenters. The monoisotopic (exact) mass is 626 g/mol. The van der Waals surface area contributed by atoms with Crippen molar-refractivity contribution in [1.29, 1.82) is 0 Å². The van der Waals surface area contributed by atoms with E-state index in [1.807, 2.05) is 0 Å². The van der Waals surface area contributed by atoms with Gasteiger partial charge in [0.25, 0.3) is 5.91 Å². The summed E-state index contributed by atoms with van der Waals surface area (Å²) in [7, 11) is -3.38. The number of amides is 4. The molecule has 0 saturated carbocycles. The topological polar surface area (TPSA) is 258 Å². The highest BCUT2D eigenvalue weighted by Gasteiger charge is 2.54. The van der Waals surface area contributed by atoms with Gasteiger partial charge in [0.15, 0.2) is 0 Å². The van der Waals surface area contributed by atoms with Gasteiger partial charge in [0, 0.05) is 23.7 Å². The number of carboxylic acids is 1. The molecule has 1 aromatic carbocycles. The summed E-state index contributed by atoms with van der Waals surface area (Å²) in [5, 5.41) is 25.9. The number of aromatic nitrogens is 4. The highest BCUT2D eigenvalue weighted by Crippen LogP contribution is 2.41. The number of thioether (sulfide) groups is 2. The molecule has 2 aliphatic rings. The molecule has 1 saturated heterocycles. The first-order chi connectivity index (χ1) is 19.4. The number of carbonyl (C=O) groups is 4. The molecule has 1 aromatic heterocycles. The van der Waals surface area contributed by atoms with E-state index < -0.39 is 51.3 Å². The summed E-state index contributed by atoms with van der Waals surface area (Å²) < 4.78 is 26.3. The normalized spacial score (nSPS) is 19.3. The summed E-state index contributed by atoms with van der Waals surface area (Å²) in [6.07, 6.45) is 1.03. The maximum atomic E-state index is 13.0. The minimum Gasteiger partial charge on any atom is -0.477 e. The Kier molecular flexibility index (Phi) is 9.17. The number of sulfonamides is 1. The molecular weight excluding hydrogens is 600 g/mol. The van der Waals surface area contributed by atoms with Gasteiger partial charge in [0.05, 0.1) is 12.8 Å². The molecule has 4 amide bonds. The second-order valence-corrected chi connectivity index (χ2v) is 12.8. The summed E-state index contributed by atoms with van der Waals surface area (Å²) in [5.41, 5.74) is 12.3. The number of primary amides is 1. The zero-order valence-electron chi connectivity index (χ0n) is 21.4. The van der Waals surface area contributed by atoms with Crippen molar-refractivity contribution in [3.05, 3.63) is 41.1 Å². The number of hydrogen-bond acceptors (Lipinski definition) is 12. The van der Waals surface area contributed by atoms with Gasteiger partial charge in [-0.3, -0.25) is 14.5 Å². The number of fused-ring (bicyclic) bond motifs is 1. The Balaban J connectivity index is 1.39. The van der Waals surface area contributed by atoms with Gasteiger partial charge in [-0.25, -0.2) is 27.4 Å². The molecule has 2 aromatic rings. The van der Waals surface area contributed by atoms with Crippen molar-refractivity contribution in [2.75, 3.05) is 29.6 Å². The van der Waals surface area contributed by atoms with Gasteiger partial charge in [-0.15, -0.1) is 16.9 Å². The van der Waals surface area contributed by atoms with E-state index in [0.717, 1.165) is 22.9 Å². The number of β-lactam (4-membered cyclic amide) rings is 1. The third-order valence-electron chi connectivity index (χ3n) is 5.93. The highest BCUT2D eigenvalue weighted by molar-refractivity contribution is 8.01. The van der Waals surface area contributed by atoms with E-state index in [2.05, 4.69) is 30.9 Å². The number of nitrogens with zero attached hydrogens (tertiary/aromatic N) is 5. The van der Waals surface area contributed by atoms with E-state index >= 15 is 0 Å². The molecule has 17 nitrogen and oxygen atoms in total. The SMILES string of the molecule is CS(=O)(=O)NCCn1nnnc1SCC1=C(C(=O)O)N2C(=O)[C@@H](NC(=O)C(N)c3ccc(NC(N)=O)cc3)[C@H]2SC1. The summed E-state index contributed by atoms with van der Waals surface area (Å²) in [6.45, 7) is 0.224. The molecule has 1 unspecified atom stereocenters. The van der Waals surface area contributed by atoms with E-state index in [9.17, 15) is 32.7 Å². The zero-order chi connectivity index (χ0) is 29.9. The molecule has 0 bridgehead atoms. The summed E-state index contributed by atoms with van der Waals surface area (Å²) >= 11 is 2.44. The maximum absolute atomic E-state index is 13.0. The highest BCUT2D eigenvalue weighted by atomic mass is 32.2. The number of tetrazole rings is 1. The minimum absolute atomic E-state index is 0.0644. The van der Waals surface area contributed by atoms with Crippen LogP contribution in [0.2, 0.25) is 0 Å². The minimum atomic E-state index is -3.38. The van der Waals surface area contributed by atoms with Gasteiger partial charge in [0.2, 0.25) is 21.1 Å². The molecule has 41 heavy (non-hydrogen) atoms. The van der Waals surface area contributed by atoms with Crippen molar-refractivity contribution in [2.24, 2.45) is 11.5 Å². The van der Waals surface area contributed by atoms with Crippen LogP contribution in [0.25, 0.3) is 0 Å². The Labute approximate surface area is 241 Å². The Bertz CT molecular complexity index is 1500. The van der Waals surface area contributed by atoms with E-state index in [0.29, 0.717) is 22.0 Å². The fraction of sp³-hybridized carbons (Fsp3) is 0.381. The van der Waals surface area contributed by atoms with Gasteiger partial charge in [-0.2, -0.15) is 0 Å². The van der Waals surface area contributed by atoms with E-state index in [4.69, 9.17) is 11.5 Å². The number of rotatable bonds is 12. The van der Waals surface area contributed by atoms with Crippen LogP contribution >= 0.6 is 23.5 Å². The average Bonchev–Trinajstić information content (AvgIpc) is 3.35. The van der Waals surface area contributed by atoms with Crippen molar-refractivity contribution < 1.29 is 32.7 Å². The Hall–Kier alpha value is -3.72. The van der Waals surface area contributed by atoms with Crippen LogP contribution in [0.1, 0.15) is 11.6 Å². The van der Waals surface area contributed by atoms with E-state index in [1.165, 1.54) is 40.7 Å². The molecule has 2 aliphatic heterocycles. The van der Waals surface area contributed by atoms with Crippen LogP contribution < -0.4 is 26.8 Å². The van der Waals surface area contributed by atoms with Crippen LogP contribution in [0.5, 0.6) is 0 Å². The number of nitrogens with one attached hydrogen (secondary N) is 3. The van der Waals surface area contributed by atoms with E-state index in [-0.39, 0.29) is 30.3 Å². The summed E-state index contributed by atoms with van der Waals surface area (Å²) in [4.78, 5) is 50.1. The fourth-order valence-corrected chi connectivity index (χ4v) is 6.88. The molecule has 220 valence electrons. The van der Waals surface area contributed by atoms with Crippen LogP contribution in [0.3, 0.4) is 0 Å². The van der Waals surface area contributed by atoms with Crippen LogP contribution in [-0.4, -0.2) is 98.2 Å². The van der Waals surface area contributed by atoms with Crippen LogP contribution in [-0.2, 0) is 31.0 Å². The number of hydrogen-bond donors (Lipinski definition) is 6.